The fraction of sp³-hybridized carbons (Fsp3) is 0.875. The van der Waals surface area contributed by atoms with E-state index < -0.39 is 0 Å². The van der Waals surface area contributed by atoms with Gasteiger partial charge >= 0.3 is 6.03 Å². The molecule has 4 heteroatoms. The van der Waals surface area contributed by atoms with Gasteiger partial charge in [-0.25, -0.2) is 4.79 Å². The van der Waals surface area contributed by atoms with Gasteiger partial charge in [-0.15, -0.1) is 0 Å². The van der Waals surface area contributed by atoms with Crippen molar-refractivity contribution in [3.8, 4) is 0 Å². The van der Waals surface area contributed by atoms with Gasteiger partial charge in [0, 0.05) is 20.6 Å². The van der Waals surface area contributed by atoms with Crippen LogP contribution in [0.15, 0.2) is 0 Å². The SMILES string of the molecule is CN(C)C(=O)NCCC1CNC1. The van der Waals surface area contributed by atoms with E-state index in [1.807, 2.05) is 0 Å². The standard InChI is InChI=1S/C8H17N3O/c1-11(2)8(12)10-4-3-7-5-9-6-7/h7,9H,3-6H2,1-2H3,(H,10,12). The lowest BCUT2D eigenvalue weighted by molar-refractivity contribution is 0.215. The molecular weight excluding hydrogens is 154 g/mol. The molecule has 0 atom stereocenters. The fourth-order valence-electron chi connectivity index (χ4n) is 1.09. The topological polar surface area (TPSA) is 44.4 Å². The van der Waals surface area contributed by atoms with E-state index in [1.165, 1.54) is 0 Å². The molecule has 1 aliphatic rings. The van der Waals surface area contributed by atoms with Crippen LogP contribution in [0.4, 0.5) is 4.79 Å². The first-order valence-corrected chi connectivity index (χ1v) is 4.36. The van der Waals surface area contributed by atoms with Crippen LogP contribution in [-0.2, 0) is 0 Å². The van der Waals surface area contributed by atoms with E-state index in [4.69, 9.17) is 0 Å². The van der Waals surface area contributed by atoms with Crippen molar-refractivity contribution in [3.63, 3.8) is 0 Å². The van der Waals surface area contributed by atoms with E-state index in [1.54, 1.807) is 19.0 Å². The Morgan fingerprint density at radius 2 is 2.25 bits per heavy atom. The molecule has 1 aliphatic heterocycles. The fourth-order valence-corrected chi connectivity index (χ4v) is 1.09. The Morgan fingerprint density at radius 3 is 2.67 bits per heavy atom. The van der Waals surface area contributed by atoms with Gasteiger partial charge in [-0.1, -0.05) is 0 Å². The second kappa shape index (κ2) is 4.30. The zero-order valence-electron chi connectivity index (χ0n) is 7.76. The molecule has 0 spiro atoms. The molecule has 0 radical (unpaired) electrons. The minimum Gasteiger partial charge on any atom is -0.338 e. The van der Waals surface area contributed by atoms with Gasteiger partial charge in [0.2, 0.25) is 0 Å². The molecule has 4 nitrogen and oxygen atoms in total. The number of amides is 2. The predicted octanol–water partition coefficient (Wildman–Crippen LogP) is -0.133. The summed E-state index contributed by atoms with van der Waals surface area (Å²) < 4.78 is 0. The third-order valence-electron chi connectivity index (χ3n) is 2.10. The van der Waals surface area contributed by atoms with Gasteiger partial charge in [-0.05, 0) is 25.4 Å². The summed E-state index contributed by atoms with van der Waals surface area (Å²) in [5, 5.41) is 6.04. The molecule has 1 heterocycles. The van der Waals surface area contributed by atoms with Gasteiger partial charge in [-0.3, -0.25) is 0 Å². The Hall–Kier alpha value is -0.770. The van der Waals surface area contributed by atoms with Crippen molar-refractivity contribution < 1.29 is 4.79 Å². The molecule has 1 fully saturated rings. The van der Waals surface area contributed by atoms with Gasteiger partial charge < -0.3 is 15.5 Å². The van der Waals surface area contributed by atoms with Gasteiger partial charge in [0.15, 0.2) is 0 Å². The first-order valence-electron chi connectivity index (χ1n) is 4.36. The number of nitrogens with one attached hydrogen (secondary N) is 2. The summed E-state index contributed by atoms with van der Waals surface area (Å²) in [7, 11) is 3.50. The van der Waals surface area contributed by atoms with Gasteiger partial charge in [0.05, 0.1) is 0 Å². The summed E-state index contributed by atoms with van der Waals surface area (Å²) in [5.41, 5.74) is 0. The van der Waals surface area contributed by atoms with Crippen LogP contribution in [0.2, 0.25) is 0 Å². The second-order valence-electron chi connectivity index (χ2n) is 3.44. The van der Waals surface area contributed by atoms with Crippen molar-refractivity contribution in [2.45, 2.75) is 6.42 Å². The average molecular weight is 171 g/mol. The van der Waals surface area contributed by atoms with Crippen LogP contribution in [0.5, 0.6) is 0 Å². The zero-order chi connectivity index (χ0) is 8.97. The molecule has 70 valence electrons. The second-order valence-corrected chi connectivity index (χ2v) is 3.44. The smallest absolute Gasteiger partial charge is 0.316 e. The van der Waals surface area contributed by atoms with Crippen molar-refractivity contribution in [1.29, 1.82) is 0 Å². The Balaban J connectivity index is 1.97. The molecular formula is C8H17N3O. The van der Waals surface area contributed by atoms with Crippen LogP contribution >= 0.6 is 0 Å². The van der Waals surface area contributed by atoms with Crippen LogP contribution in [0.3, 0.4) is 0 Å². The molecule has 2 amide bonds. The molecule has 0 aromatic carbocycles. The number of nitrogens with zero attached hydrogens (tertiary/aromatic N) is 1. The van der Waals surface area contributed by atoms with Crippen molar-refractivity contribution >= 4 is 6.03 Å². The number of rotatable bonds is 3. The van der Waals surface area contributed by atoms with Gasteiger partial charge in [0.25, 0.3) is 0 Å². The highest BCUT2D eigenvalue weighted by Gasteiger charge is 2.16. The molecule has 0 saturated carbocycles. The Morgan fingerprint density at radius 1 is 1.58 bits per heavy atom. The third kappa shape index (κ3) is 2.70. The van der Waals surface area contributed by atoms with E-state index in [2.05, 4.69) is 10.6 Å². The number of hydrogen-bond donors (Lipinski definition) is 2. The lowest BCUT2D eigenvalue weighted by atomic mass is 10.00. The maximum atomic E-state index is 11.0. The van der Waals surface area contributed by atoms with Crippen LogP contribution in [0, 0.1) is 5.92 Å². The van der Waals surface area contributed by atoms with Crippen LogP contribution in [-0.4, -0.2) is 44.7 Å². The van der Waals surface area contributed by atoms with Crippen molar-refractivity contribution in [1.82, 2.24) is 15.5 Å². The normalized spacial score (nSPS) is 16.8. The highest BCUT2D eigenvalue weighted by molar-refractivity contribution is 5.73. The maximum Gasteiger partial charge on any atom is 0.316 e. The van der Waals surface area contributed by atoms with E-state index in [-0.39, 0.29) is 6.03 Å². The largest absolute Gasteiger partial charge is 0.338 e. The molecule has 1 rings (SSSR count). The first kappa shape index (κ1) is 9.32. The van der Waals surface area contributed by atoms with E-state index in [9.17, 15) is 4.79 Å². The summed E-state index contributed by atoms with van der Waals surface area (Å²) in [6.45, 7) is 3.01. The predicted molar refractivity (Wildman–Crippen MR) is 48.1 cm³/mol. The molecule has 0 aromatic heterocycles. The number of carbonyl (C=O) groups is 1. The molecule has 0 aromatic rings. The van der Waals surface area contributed by atoms with Crippen LogP contribution in [0.25, 0.3) is 0 Å². The van der Waals surface area contributed by atoms with Crippen LogP contribution in [0.1, 0.15) is 6.42 Å². The molecule has 0 aliphatic carbocycles. The highest BCUT2D eigenvalue weighted by Crippen LogP contribution is 2.06. The molecule has 0 bridgehead atoms. The minimum absolute atomic E-state index is 0.00211. The van der Waals surface area contributed by atoms with E-state index in [0.29, 0.717) is 0 Å². The lowest BCUT2D eigenvalue weighted by Crippen LogP contribution is -2.44. The average Bonchev–Trinajstić information content (AvgIpc) is 1.93. The Bertz CT molecular complexity index is 154. The van der Waals surface area contributed by atoms with Crippen molar-refractivity contribution in [2.24, 2.45) is 5.92 Å². The first-order chi connectivity index (χ1) is 5.70. The van der Waals surface area contributed by atoms with Gasteiger partial charge in [0.1, 0.15) is 0 Å². The summed E-state index contributed by atoms with van der Waals surface area (Å²) in [6.07, 6.45) is 1.09. The Labute approximate surface area is 73.3 Å². The number of carbonyl (C=O) groups excluding carboxylic acids is 1. The minimum atomic E-state index is 0.00211. The summed E-state index contributed by atoms with van der Waals surface area (Å²) >= 11 is 0. The summed E-state index contributed by atoms with van der Waals surface area (Å²) in [5.74, 6) is 0.771. The molecule has 2 N–H and O–H groups in total. The molecule has 1 saturated heterocycles. The summed E-state index contributed by atoms with van der Waals surface area (Å²) in [6, 6.07) is 0.00211. The lowest BCUT2D eigenvalue weighted by Gasteiger charge is -2.27. The Kier molecular flexibility index (Phi) is 3.34. The highest BCUT2D eigenvalue weighted by atomic mass is 16.2. The third-order valence-corrected chi connectivity index (χ3v) is 2.10. The van der Waals surface area contributed by atoms with E-state index in [0.717, 1.165) is 32.0 Å². The number of hydrogen-bond acceptors (Lipinski definition) is 2. The van der Waals surface area contributed by atoms with Crippen molar-refractivity contribution in [3.05, 3.63) is 0 Å². The van der Waals surface area contributed by atoms with E-state index >= 15 is 0 Å². The van der Waals surface area contributed by atoms with Crippen LogP contribution < -0.4 is 10.6 Å². The summed E-state index contributed by atoms with van der Waals surface area (Å²) in [4.78, 5) is 12.6. The zero-order valence-corrected chi connectivity index (χ0v) is 7.76. The molecule has 12 heavy (non-hydrogen) atoms. The maximum absolute atomic E-state index is 11.0. The van der Waals surface area contributed by atoms with Gasteiger partial charge in [-0.2, -0.15) is 0 Å². The quantitative estimate of drug-likeness (QED) is 0.621. The number of urea groups is 1. The monoisotopic (exact) mass is 171 g/mol. The molecule has 0 unspecified atom stereocenters. The van der Waals surface area contributed by atoms with Crippen molar-refractivity contribution in [2.75, 3.05) is 33.7 Å².